The Balaban J connectivity index is 2.72. The number of rotatable bonds is 9. The summed E-state index contributed by atoms with van der Waals surface area (Å²) in [7, 11) is 2.94. The van der Waals surface area contributed by atoms with Crippen LogP contribution in [0.3, 0.4) is 0 Å². The average molecular weight is 774 g/mol. The molecule has 0 aliphatic carbocycles. The molecule has 2 saturated heterocycles. The number of ether oxygens (including phenoxy) is 2. The molecule has 0 aromatic rings. The lowest BCUT2D eigenvalue weighted by molar-refractivity contribution is -0.172. The quantitative estimate of drug-likeness (QED) is 0.203. The third-order valence-electron chi connectivity index (χ3n) is 10.3. The van der Waals surface area contributed by atoms with Gasteiger partial charge in [0.05, 0.1) is 6.42 Å². The summed E-state index contributed by atoms with van der Waals surface area (Å²) in [5, 5.41) is 5.78. The Morgan fingerprint density at radius 2 is 1.29 bits per heavy atom. The molecule has 55 heavy (non-hydrogen) atoms. The Labute approximate surface area is 328 Å². The zero-order valence-electron chi connectivity index (χ0n) is 35.2. The van der Waals surface area contributed by atoms with E-state index in [2.05, 4.69) is 16.6 Å². The summed E-state index contributed by atoms with van der Waals surface area (Å²) >= 11 is 0. The Hall–Kier alpha value is -4.15. The van der Waals surface area contributed by atoms with E-state index in [4.69, 9.17) is 15.9 Å². The summed E-state index contributed by atoms with van der Waals surface area (Å²) in [6.45, 7) is 18.0. The van der Waals surface area contributed by atoms with Gasteiger partial charge in [0.1, 0.15) is 24.2 Å². The molecule has 0 bridgehead atoms. The van der Waals surface area contributed by atoms with Crippen LogP contribution < -0.4 is 10.6 Å². The maximum atomic E-state index is 14.2. The molecule has 2 aliphatic rings. The zero-order valence-corrected chi connectivity index (χ0v) is 35.2. The lowest BCUT2D eigenvalue weighted by atomic mass is 9.97. The molecule has 7 unspecified atom stereocenters. The fourth-order valence-electron chi connectivity index (χ4n) is 7.43. The standard InChI is InChI=1S/C41H67N5O9/c1-14-15-16-18-28-22-31(47)54-35(27(10)11)40(52)46-20-17-19-30(46)38(50)45(13)33(25(6)7)41(53)55-34(26(8)9)39(51)44(12)32(24(4)5)37(49)43-29(21-23(2)3)36(48)42-28/h1,23-30,32-35H,15-22H2,2-13H3,(H,42,48)(H,43,49). The smallest absolute Gasteiger partial charge is 0.329 e. The molecular formula is C41H67N5O9. The van der Waals surface area contributed by atoms with Gasteiger partial charge >= 0.3 is 11.9 Å². The van der Waals surface area contributed by atoms with Crippen molar-refractivity contribution in [3.63, 3.8) is 0 Å². The van der Waals surface area contributed by atoms with Crippen molar-refractivity contribution in [2.75, 3.05) is 20.6 Å². The first-order valence-electron chi connectivity index (χ1n) is 19.9. The molecule has 0 radical (unpaired) electrons. The highest BCUT2D eigenvalue weighted by atomic mass is 16.6. The SMILES string of the molecule is C#CCCCC1CC(=O)OC(C(C)C)C(=O)N2CCCC2C(=O)N(C)C(C(C)C)C(=O)OC(C(C)C)C(=O)N(C)C(C(C)C)C(=O)NC(CC(C)C)C(=O)N1. The second-order valence-corrected chi connectivity index (χ2v) is 16.9. The van der Waals surface area contributed by atoms with Crippen LogP contribution in [0, 0.1) is 41.9 Å². The van der Waals surface area contributed by atoms with Gasteiger partial charge in [0, 0.05) is 33.1 Å². The van der Waals surface area contributed by atoms with Crippen molar-refractivity contribution >= 4 is 41.5 Å². The predicted octanol–water partition coefficient (Wildman–Crippen LogP) is 3.30. The summed E-state index contributed by atoms with van der Waals surface area (Å²) in [6, 6.07) is -4.81. The summed E-state index contributed by atoms with van der Waals surface area (Å²) in [6.07, 6.45) is 5.08. The Morgan fingerprint density at radius 3 is 1.82 bits per heavy atom. The monoisotopic (exact) mass is 773 g/mol. The molecule has 14 nitrogen and oxygen atoms in total. The van der Waals surface area contributed by atoms with Gasteiger partial charge in [0.15, 0.2) is 12.2 Å². The van der Waals surface area contributed by atoms with Crippen LogP contribution in [0.2, 0.25) is 0 Å². The van der Waals surface area contributed by atoms with Crippen LogP contribution in [0.4, 0.5) is 0 Å². The van der Waals surface area contributed by atoms with E-state index in [0.717, 1.165) is 0 Å². The van der Waals surface area contributed by atoms with Crippen LogP contribution in [0.25, 0.3) is 0 Å². The third-order valence-corrected chi connectivity index (χ3v) is 10.3. The molecule has 2 heterocycles. The number of fused-ring (bicyclic) bond motifs is 1. The molecule has 0 aromatic carbocycles. The molecule has 7 atom stereocenters. The van der Waals surface area contributed by atoms with Crippen molar-refractivity contribution in [1.29, 1.82) is 0 Å². The molecule has 2 aliphatic heterocycles. The largest absolute Gasteiger partial charge is 0.452 e. The van der Waals surface area contributed by atoms with Crippen LogP contribution in [0.1, 0.15) is 114 Å². The van der Waals surface area contributed by atoms with E-state index in [1.165, 1.54) is 28.8 Å². The second-order valence-electron chi connectivity index (χ2n) is 16.9. The molecule has 310 valence electrons. The minimum atomic E-state index is -1.29. The predicted molar refractivity (Wildman–Crippen MR) is 208 cm³/mol. The molecule has 2 fully saturated rings. The van der Waals surface area contributed by atoms with Gasteiger partial charge in [-0.2, -0.15) is 0 Å². The number of unbranched alkanes of at least 4 members (excludes halogenated alkanes) is 1. The number of carbonyl (C=O) groups excluding carboxylic acids is 7. The van der Waals surface area contributed by atoms with Crippen LogP contribution >= 0.6 is 0 Å². The molecule has 2 rings (SSSR count). The molecular weight excluding hydrogens is 706 g/mol. The number of hydrogen-bond acceptors (Lipinski definition) is 9. The van der Waals surface area contributed by atoms with E-state index in [1.54, 1.807) is 55.4 Å². The summed E-state index contributed by atoms with van der Waals surface area (Å²) in [4.78, 5) is 102. The Morgan fingerprint density at radius 1 is 0.727 bits per heavy atom. The van der Waals surface area contributed by atoms with E-state index in [0.29, 0.717) is 32.1 Å². The Kier molecular flexibility index (Phi) is 18.1. The first-order chi connectivity index (χ1) is 25.6. The zero-order chi connectivity index (χ0) is 41.9. The number of nitrogens with zero attached hydrogens (tertiary/aromatic N) is 3. The van der Waals surface area contributed by atoms with Crippen molar-refractivity contribution in [3.8, 4) is 12.3 Å². The maximum absolute atomic E-state index is 14.2. The second kappa shape index (κ2) is 21.2. The number of amides is 5. The van der Waals surface area contributed by atoms with Gasteiger partial charge in [-0.15, -0.1) is 12.3 Å². The number of likely N-dealkylation sites (N-methyl/N-ethyl adjacent to an activating group) is 2. The van der Waals surface area contributed by atoms with Crippen molar-refractivity contribution in [2.24, 2.45) is 29.6 Å². The molecule has 2 N–H and O–H groups in total. The van der Waals surface area contributed by atoms with E-state index in [9.17, 15) is 33.6 Å². The van der Waals surface area contributed by atoms with Gasteiger partial charge < -0.3 is 34.8 Å². The van der Waals surface area contributed by atoms with E-state index in [1.807, 2.05) is 13.8 Å². The van der Waals surface area contributed by atoms with E-state index < -0.39 is 108 Å². The van der Waals surface area contributed by atoms with Crippen molar-refractivity contribution in [2.45, 2.75) is 157 Å². The van der Waals surface area contributed by atoms with Crippen molar-refractivity contribution in [1.82, 2.24) is 25.3 Å². The topological polar surface area (TPSA) is 172 Å². The minimum Gasteiger partial charge on any atom is -0.452 e. The number of terminal acetylenes is 1. The van der Waals surface area contributed by atoms with Crippen LogP contribution in [-0.4, -0.2) is 119 Å². The first-order valence-corrected chi connectivity index (χ1v) is 19.9. The number of nitrogens with one attached hydrogen (secondary N) is 2. The molecule has 5 amide bonds. The first kappa shape index (κ1) is 47.0. The van der Waals surface area contributed by atoms with Gasteiger partial charge in [-0.1, -0.05) is 69.2 Å². The number of esters is 2. The lowest BCUT2D eigenvalue weighted by Crippen LogP contribution is -2.59. The van der Waals surface area contributed by atoms with Gasteiger partial charge in [-0.05, 0) is 61.7 Å². The molecule has 0 spiro atoms. The van der Waals surface area contributed by atoms with E-state index in [-0.39, 0.29) is 25.3 Å². The van der Waals surface area contributed by atoms with Gasteiger partial charge in [-0.25, -0.2) is 4.79 Å². The number of carbonyl (C=O) groups is 7. The highest BCUT2D eigenvalue weighted by molar-refractivity contribution is 5.95. The Bertz CT molecular complexity index is 1420. The van der Waals surface area contributed by atoms with Crippen LogP contribution in [0.15, 0.2) is 0 Å². The fraction of sp³-hybridized carbons (Fsp3) is 0.780. The maximum Gasteiger partial charge on any atom is 0.329 e. The normalized spacial score (nSPS) is 27.5. The van der Waals surface area contributed by atoms with E-state index >= 15 is 0 Å². The third kappa shape index (κ3) is 12.7. The highest BCUT2D eigenvalue weighted by Crippen LogP contribution is 2.26. The van der Waals surface area contributed by atoms with Gasteiger partial charge in [0.2, 0.25) is 17.7 Å². The molecule has 14 heteroatoms. The van der Waals surface area contributed by atoms with Gasteiger partial charge in [0.25, 0.3) is 11.8 Å². The van der Waals surface area contributed by atoms with Crippen molar-refractivity contribution < 1.29 is 43.0 Å². The molecule has 0 saturated carbocycles. The summed E-state index contributed by atoms with van der Waals surface area (Å²) < 4.78 is 11.8. The molecule has 0 aromatic heterocycles. The van der Waals surface area contributed by atoms with Crippen molar-refractivity contribution in [3.05, 3.63) is 0 Å². The van der Waals surface area contributed by atoms with Crippen LogP contribution in [0.5, 0.6) is 0 Å². The van der Waals surface area contributed by atoms with Gasteiger partial charge in [-0.3, -0.25) is 28.8 Å². The highest BCUT2D eigenvalue weighted by Gasteiger charge is 2.45. The summed E-state index contributed by atoms with van der Waals surface area (Å²) in [5.74, 6) is -3.48. The average Bonchev–Trinajstić information content (AvgIpc) is 3.57. The minimum absolute atomic E-state index is 0.0211. The number of hydrogen-bond donors (Lipinski definition) is 2. The van der Waals surface area contributed by atoms with Crippen LogP contribution in [-0.2, 0) is 43.0 Å². The lowest BCUT2D eigenvalue weighted by Gasteiger charge is -2.37. The fourth-order valence-corrected chi connectivity index (χ4v) is 7.43. The number of cyclic esters (lactones) is 2. The summed E-state index contributed by atoms with van der Waals surface area (Å²) in [5.41, 5.74) is 0.